The molecule has 105 valence electrons. The van der Waals surface area contributed by atoms with Crippen molar-refractivity contribution in [2.24, 2.45) is 0 Å². The molecule has 0 aliphatic heterocycles. The van der Waals surface area contributed by atoms with E-state index in [-0.39, 0.29) is 5.56 Å². The lowest BCUT2D eigenvalue weighted by molar-refractivity contribution is 0.550. The Morgan fingerprint density at radius 3 is 2.05 bits per heavy atom. The van der Waals surface area contributed by atoms with Crippen LogP contribution in [0.4, 0.5) is 17.6 Å². The van der Waals surface area contributed by atoms with Crippen LogP contribution in [-0.2, 0) is 0 Å². The van der Waals surface area contributed by atoms with Crippen LogP contribution in [0.25, 0.3) is 0 Å². The van der Waals surface area contributed by atoms with Crippen LogP contribution >= 0.6 is 0 Å². The van der Waals surface area contributed by atoms with Crippen molar-refractivity contribution in [3.63, 3.8) is 0 Å². The number of hydrogen-bond donors (Lipinski definition) is 0. The van der Waals surface area contributed by atoms with Crippen LogP contribution in [0, 0.1) is 30.2 Å². The number of halogens is 4. The van der Waals surface area contributed by atoms with E-state index in [0.29, 0.717) is 18.4 Å². The highest BCUT2D eigenvalue weighted by Crippen LogP contribution is 2.32. The van der Waals surface area contributed by atoms with E-state index in [2.05, 4.69) is 6.92 Å². The van der Waals surface area contributed by atoms with Gasteiger partial charge in [-0.25, -0.2) is 17.6 Å². The molecule has 0 spiro atoms. The second kappa shape index (κ2) is 6.07. The van der Waals surface area contributed by atoms with Gasteiger partial charge >= 0.3 is 0 Å². The van der Waals surface area contributed by atoms with E-state index in [1.807, 2.05) is 0 Å². The van der Waals surface area contributed by atoms with Crippen LogP contribution < -0.4 is 0 Å². The molecule has 0 fully saturated rings. The summed E-state index contributed by atoms with van der Waals surface area (Å²) in [6.07, 6.45) is 0.866. The lowest BCUT2D eigenvalue weighted by Crippen LogP contribution is -2.05. The Morgan fingerprint density at radius 1 is 0.850 bits per heavy atom. The minimum Gasteiger partial charge on any atom is -0.207 e. The van der Waals surface area contributed by atoms with Crippen molar-refractivity contribution < 1.29 is 17.6 Å². The fraction of sp³-hybridized carbons (Fsp3) is 0.188. The fourth-order valence-electron chi connectivity index (χ4n) is 2.27. The second-order valence-electron chi connectivity index (χ2n) is 4.56. The van der Waals surface area contributed by atoms with Crippen molar-refractivity contribution in [2.75, 3.05) is 0 Å². The summed E-state index contributed by atoms with van der Waals surface area (Å²) in [5.74, 6) is -3.43. The first kappa shape index (κ1) is 14.6. The molecule has 2 rings (SSSR count). The predicted octanol–water partition coefficient (Wildman–Crippen LogP) is 4.99. The van der Waals surface area contributed by atoms with Crippen molar-refractivity contribution in [1.29, 1.82) is 0 Å². The second-order valence-corrected chi connectivity index (χ2v) is 4.56. The van der Waals surface area contributed by atoms with Crippen molar-refractivity contribution in [1.82, 2.24) is 0 Å². The first-order valence-corrected chi connectivity index (χ1v) is 6.21. The topological polar surface area (TPSA) is 0 Å². The molecule has 0 amide bonds. The fourth-order valence-corrected chi connectivity index (χ4v) is 2.27. The van der Waals surface area contributed by atoms with Crippen LogP contribution in [0.5, 0.6) is 0 Å². The summed E-state index contributed by atoms with van der Waals surface area (Å²) in [6, 6.07) is 6.27. The minimum absolute atomic E-state index is 0.208. The molecule has 0 aliphatic carbocycles. The highest BCUT2D eigenvalue weighted by atomic mass is 19.1. The molecule has 20 heavy (non-hydrogen) atoms. The van der Waals surface area contributed by atoms with E-state index in [4.69, 9.17) is 0 Å². The maximum absolute atomic E-state index is 13.9. The number of rotatable bonds is 4. The first-order chi connectivity index (χ1) is 9.51. The van der Waals surface area contributed by atoms with Gasteiger partial charge in [-0.1, -0.05) is 19.4 Å². The van der Waals surface area contributed by atoms with Gasteiger partial charge < -0.3 is 0 Å². The van der Waals surface area contributed by atoms with E-state index in [0.717, 1.165) is 30.3 Å². The van der Waals surface area contributed by atoms with Gasteiger partial charge in [0.25, 0.3) is 0 Å². The summed E-state index contributed by atoms with van der Waals surface area (Å²) in [5.41, 5.74) is 0.525. The SMILES string of the molecule is [CH2]CCC(c1cc(F)cc(F)c1)c1ccc(F)cc1F. The number of hydrogen-bond acceptors (Lipinski definition) is 0. The zero-order valence-electron chi connectivity index (χ0n) is 10.7. The van der Waals surface area contributed by atoms with E-state index in [1.165, 1.54) is 6.07 Å². The molecule has 2 aromatic carbocycles. The monoisotopic (exact) mass is 281 g/mol. The molecule has 0 nitrogen and oxygen atoms in total. The summed E-state index contributed by atoms with van der Waals surface area (Å²) in [5, 5.41) is 0. The standard InChI is InChI=1S/C16H13F4/c1-2-3-14(10-6-12(18)8-13(19)7-10)15-5-4-11(17)9-16(15)20/h4-9,14H,1-3H2. The van der Waals surface area contributed by atoms with Crippen molar-refractivity contribution in [2.45, 2.75) is 18.8 Å². The van der Waals surface area contributed by atoms with E-state index in [9.17, 15) is 17.6 Å². The molecule has 0 aromatic heterocycles. The largest absolute Gasteiger partial charge is 0.207 e. The molecule has 2 aromatic rings. The van der Waals surface area contributed by atoms with Gasteiger partial charge in [0.2, 0.25) is 0 Å². The van der Waals surface area contributed by atoms with Gasteiger partial charge in [0, 0.05) is 18.1 Å². The molecule has 1 radical (unpaired) electrons. The summed E-state index contributed by atoms with van der Waals surface area (Å²) < 4.78 is 53.4. The smallest absolute Gasteiger partial charge is 0.129 e. The molecule has 0 aliphatic rings. The third-order valence-corrected chi connectivity index (χ3v) is 3.12. The summed E-state index contributed by atoms with van der Waals surface area (Å²) in [4.78, 5) is 0. The molecule has 0 saturated carbocycles. The molecule has 0 bridgehead atoms. The number of benzene rings is 2. The molecule has 0 saturated heterocycles. The van der Waals surface area contributed by atoms with Crippen LogP contribution in [0.3, 0.4) is 0 Å². The third-order valence-electron chi connectivity index (χ3n) is 3.12. The van der Waals surface area contributed by atoms with Gasteiger partial charge in [-0.15, -0.1) is 0 Å². The Bertz CT molecular complexity index is 587. The van der Waals surface area contributed by atoms with Gasteiger partial charge in [0.15, 0.2) is 0 Å². The Kier molecular flexibility index (Phi) is 4.42. The highest BCUT2D eigenvalue weighted by Gasteiger charge is 2.19. The quantitative estimate of drug-likeness (QED) is 0.693. The zero-order valence-corrected chi connectivity index (χ0v) is 10.7. The van der Waals surface area contributed by atoms with Crippen LogP contribution in [0.1, 0.15) is 29.9 Å². The van der Waals surface area contributed by atoms with Gasteiger partial charge in [-0.2, -0.15) is 0 Å². The average Bonchev–Trinajstić information content (AvgIpc) is 2.35. The highest BCUT2D eigenvalue weighted by molar-refractivity contribution is 5.34. The average molecular weight is 281 g/mol. The zero-order chi connectivity index (χ0) is 14.7. The molecule has 1 atom stereocenters. The molecule has 0 N–H and O–H groups in total. The van der Waals surface area contributed by atoms with E-state index in [1.54, 1.807) is 0 Å². The molecule has 1 unspecified atom stereocenters. The normalized spacial score (nSPS) is 12.4. The Hall–Kier alpha value is -1.84. The van der Waals surface area contributed by atoms with Gasteiger partial charge in [-0.3, -0.25) is 0 Å². The molecular formula is C16H13F4. The maximum atomic E-state index is 13.9. The molecular weight excluding hydrogens is 268 g/mol. The summed E-state index contributed by atoms with van der Waals surface area (Å²) in [7, 11) is 0. The van der Waals surface area contributed by atoms with Crippen LogP contribution in [-0.4, -0.2) is 0 Å². The summed E-state index contributed by atoms with van der Waals surface area (Å²) >= 11 is 0. The maximum Gasteiger partial charge on any atom is 0.129 e. The summed E-state index contributed by atoms with van der Waals surface area (Å²) in [6.45, 7) is 3.68. The van der Waals surface area contributed by atoms with E-state index >= 15 is 0 Å². The van der Waals surface area contributed by atoms with Crippen molar-refractivity contribution >= 4 is 0 Å². The molecule has 4 heteroatoms. The van der Waals surface area contributed by atoms with Crippen LogP contribution in [0.2, 0.25) is 0 Å². The Labute approximate surface area is 115 Å². The van der Waals surface area contributed by atoms with Gasteiger partial charge in [0.05, 0.1) is 0 Å². The van der Waals surface area contributed by atoms with Crippen molar-refractivity contribution in [3.8, 4) is 0 Å². The Balaban J connectivity index is 2.49. The van der Waals surface area contributed by atoms with Gasteiger partial charge in [-0.05, 0) is 35.7 Å². The third kappa shape index (κ3) is 3.18. The van der Waals surface area contributed by atoms with Gasteiger partial charge in [0.1, 0.15) is 23.3 Å². The lowest BCUT2D eigenvalue weighted by atomic mass is 9.87. The Morgan fingerprint density at radius 2 is 1.50 bits per heavy atom. The minimum atomic E-state index is -0.729. The first-order valence-electron chi connectivity index (χ1n) is 6.21. The predicted molar refractivity (Wildman–Crippen MR) is 69.2 cm³/mol. The van der Waals surface area contributed by atoms with Crippen molar-refractivity contribution in [3.05, 3.63) is 77.7 Å². The van der Waals surface area contributed by atoms with E-state index < -0.39 is 29.2 Å². The van der Waals surface area contributed by atoms with Crippen LogP contribution in [0.15, 0.2) is 36.4 Å². The molecule has 0 heterocycles. The lowest BCUT2D eigenvalue weighted by Gasteiger charge is -2.18.